The van der Waals surface area contributed by atoms with E-state index >= 15 is 0 Å². The Morgan fingerprint density at radius 2 is 2.31 bits per heavy atom. The Bertz CT molecular complexity index is 354. The zero-order valence-corrected chi connectivity index (χ0v) is 11.9. The van der Waals surface area contributed by atoms with Crippen LogP contribution in [-0.4, -0.2) is 23.5 Å². The molecular formula is C12H20N2S2. The third-order valence-electron chi connectivity index (χ3n) is 3.36. The van der Waals surface area contributed by atoms with E-state index in [4.69, 9.17) is 4.98 Å². The van der Waals surface area contributed by atoms with Gasteiger partial charge in [0, 0.05) is 10.6 Å². The van der Waals surface area contributed by atoms with Crippen LogP contribution < -0.4 is 5.32 Å². The van der Waals surface area contributed by atoms with Crippen LogP contribution in [-0.2, 0) is 12.0 Å². The van der Waals surface area contributed by atoms with E-state index in [0.717, 1.165) is 6.42 Å². The fourth-order valence-corrected chi connectivity index (χ4v) is 4.81. The first-order chi connectivity index (χ1) is 7.72. The van der Waals surface area contributed by atoms with Crippen molar-refractivity contribution in [1.29, 1.82) is 0 Å². The summed E-state index contributed by atoms with van der Waals surface area (Å²) >= 11 is 3.93. The fraction of sp³-hybridized carbons (Fsp3) is 0.750. The zero-order chi connectivity index (χ0) is 11.6. The molecule has 1 aliphatic heterocycles. The minimum absolute atomic E-state index is 0.145. The number of rotatable bonds is 3. The first-order valence-corrected chi connectivity index (χ1v) is 7.92. The summed E-state index contributed by atoms with van der Waals surface area (Å²) in [6, 6.07) is 0. The summed E-state index contributed by atoms with van der Waals surface area (Å²) in [6.07, 6.45) is 3.58. The van der Waals surface area contributed by atoms with Gasteiger partial charge in [-0.2, -0.15) is 11.8 Å². The molecule has 1 aromatic rings. The fourth-order valence-electron chi connectivity index (χ4n) is 2.23. The van der Waals surface area contributed by atoms with Gasteiger partial charge in [0.25, 0.3) is 0 Å². The van der Waals surface area contributed by atoms with Crippen molar-refractivity contribution in [2.75, 3.05) is 18.6 Å². The van der Waals surface area contributed by atoms with E-state index in [9.17, 15) is 0 Å². The van der Waals surface area contributed by atoms with Gasteiger partial charge in [-0.15, -0.1) is 11.3 Å². The van der Waals surface area contributed by atoms with Gasteiger partial charge in [0.2, 0.25) is 0 Å². The van der Waals surface area contributed by atoms with Crippen molar-refractivity contribution in [3.8, 4) is 0 Å². The number of aromatic nitrogens is 1. The molecule has 0 spiro atoms. The molecule has 1 N–H and O–H groups in total. The summed E-state index contributed by atoms with van der Waals surface area (Å²) in [7, 11) is 2.08. The predicted molar refractivity (Wildman–Crippen MR) is 73.5 cm³/mol. The second kappa shape index (κ2) is 5.07. The van der Waals surface area contributed by atoms with E-state index in [1.54, 1.807) is 0 Å². The van der Waals surface area contributed by atoms with Gasteiger partial charge >= 0.3 is 0 Å². The lowest BCUT2D eigenvalue weighted by Gasteiger charge is -2.34. The second-order valence-corrected chi connectivity index (χ2v) is 6.67. The zero-order valence-electron chi connectivity index (χ0n) is 10.3. The van der Waals surface area contributed by atoms with Crippen LogP contribution in [0.4, 0.5) is 0 Å². The SMILES string of the molecule is CCc1nc(C2(NC)CCCSC2)sc1C. The number of hydrogen-bond acceptors (Lipinski definition) is 4. The van der Waals surface area contributed by atoms with Crippen LogP contribution in [0.2, 0.25) is 0 Å². The topological polar surface area (TPSA) is 24.9 Å². The van der Waals surface area contributed by atoms with Gasteiger partial charge in [-0.05, 0) is 39.0 Å². The van der Waals surface area contributed by atoms with Gasteiger partial charge in [0.1, 0.15) is 5.01 Å². The van der Waals surface area contributed by atoms with Crippen molar-refractivity contribution in [3.63, 3.8) is 0 Å². The van der Waals surface area contributed by atoms with Gasteiger partial charge in [-0.1, -0.05) is 6.92 Å². The Balaban J connectivity index is 2.31. The van der Waals surface area contributed by atoms with Crippen molar-refractivity contribution in [2.24, 2.45) is 0 Å². The largest absolute Gasteiger partial charge is 0.308 e. The molecule has 90 valence electrons. The first kappa shape index (κ1) is 12.4. The van der Waals surface area contributed by atoms with Crippen molar-refractivity contribution >= 4 is 23.1 Å². The van der Waals surface area contributed by atoms with Gasteiger partial charge in [0.05, 0.1) is 11.2 Å². The third-order valence-corrected chi connectivity index (χ3v) is 5.85. The van der Waals surface area contributed by atoms with Crippen LogP contribution in [0.25, 0.3) is 0 Å². The molecule has 16 heavy (non-hydrogen) atoms. The molecule has 0 aromatic carbocycles. The summed E-state index contributed by atoms with van der Waals surface area (Å²) in [5.41, 5.74) is 1.43. The molecule has 0 amide bonds. The number of thiazole rings is 1. The van der Waals surface area contributed by atoms with Crippen LogP contribution >= 0.6 is 23.1 Å². The Kier molecular flexibility index (Phi) is 3.93. The summed E-state index contributed by atoms with van der Waals surface area (Å²) in [4.78, 5) is 6.23. The number of hydrogen-bond donors (Lipinski definition) is 1. The summed E-state index contributed by atoms with van der Waals surface area (Å²) in [5.74, 6) is 2.47. The Labute approximate surface area is 106 Å². The van der Waals surface area contributed by atoms with Gasteiger partial charge in [-0.3, -0.25) is 0 Å². The molecule has 1 unspecified atom stereocenters. The van der Waals surface area contributed by atoms with Crippen LogP contribution in [0, 0.1) is 6.92 Å². The van der Waals surface area contributed by atoms with Crippen molar-refractivity contribution in [1.82, 2.24) is 10.3 Å². The maximum Gasteiger partial charge on any atom is 0.114 e. The molecule has 2 heterocycles. The van der Waals surface area contributed by atoms with Crippen molar-refractivity contribution in [2.45, 2.75) is 38.6 Å². The lowest BCUT2D eigenvalue weighted by atomic mass is 9.96. The highest BCUT2D eigenvalue weighted by Gasteiger charge is 2.35. The van der Waals surface area contributed by atoms with Crippen LogP contribution in [0.15, 0.2) is 0 Å². The minimum atomic E-state index is 0.145. The van der Waals surface area contributed by atoms with Crippen LogP contribution in [0.3, 0.4) is 0 Å². The van der Waals surface area contributed by atoms with Gasteiger partial charge in [0.15, 0.2) is 0 Å². The summed E-state index contributed by atoms with van der Waals surface area (Å²) in [6.45, 7) is 4.38. The molecular weight excluding hydrogens is 236 g/mol. The maximum absolute atomic E-state index is 4.84. The van der Waals surface area contributed by atoms with E-state index in [1.165, 1.54) is 39.9 Å². The van der Waals surface area contributed by atoms with E-state index in [0.29, 0.717) is 0 Å². The molecule has 1 aromatic heterocycles. The van der Waals surface area contributed by atoms with Gasteiger partial charge in [-0.25, -0.2) is 4.98 Å². The monoisotopic (exact) mass is 256 g/mol. The van der Waals surface area contributed by atoms with Crippen molar-refractivity contribution < 1.29 is 0 Å². The highest BCUT2D eigenvalue weighted by Crippen LogP contribution is 2.38. The molecule has 2 rings (SSSR count). The van der Waals surface area contributed by atoms with E-state index in [2.05, 4.69) is 26.2 Å². The molecule has 2 nitrogen and oxygen atoms in total. The summed E-state index contributed by atoms with van der Waals surface area (Å²) in [5, 5.41) is 4.83. The number of nitrogens with zero attached hydrogens (tertiary/aromatic N) is 1. The molecule has 0 aliphatic carbocycles. The molecule has 0 bridgehead atoms. The number of aryl methyl sites for hydroxylation is 2. The average molecular weight is 256 g/mol. The standard InChI is InChI=1S/C12H20N2S2/c1-4-10-9(2)16-11(14-10)12(13-3)6-5-7-15-8-12/h13H,4-8H2,1-3H3. The second-order valence-electron chi connectivity index (χ2n) is 4.36. The third kappa shape index (κ3) is 2.15. The first-order valence-electron chi connectivity index (χ1n) is 5.95. The summed E-state index contributed by atoms with van der Waals surface area (Å²) < 4.78 is 0. The Morgan fingerprint density at radius 3 is 2.81 bits per heavy atom. The van der Waals surface area contributed by atoms with E-state index in [-0.39, 0.29) is 5.54 Å². The molecule has 1 atom stereocenters. The van der Waals surface area contributed by atoms with Crippen LogP contribution in [0.1, 0.15) is 35.3 Å². The minimum Gasteiger partial charge on any atom is -0.308 e. The Hall–Kier alpha value is -0.0600. The molecule has 1 saturated heterocycles. The smallest absolute Gasteiger partial charge is 0.114 e. The lowest BCUT2D eigenvalue weighted by Crippen LogP contribution is -2.44. The van der Waals surface area contributed by atoms with E-state index < -0.39 is 0 Å². The highest BCUT2D eigenvalue weighted by atomic mass is 32.2. The Morgan fingerprint density at radius 1 is 1.50 bits per heavy atom. The normalized spacial score (nSPS) is 25.9. The number of thioether (sulfide) groups is 1. The average Bonchev–Trinajstić information content (AvgIpc) is 2.72. The number of nitrogens with one attached hydrogen (secondary N) is 1. The molecule has 0 saturated carbocycles. The van der Waals surface area contributed by atoms with Gasteiger partial charge < -0.3 is 5.32 Å². The molecule has 4 heteroatoms. The van der Waals surface area contributed by atoms with E-state index in [1.807, 2.05) is 23.1 Å². The molecule has 1 fully saturated rings. The lowest BCUT2D eigenvalue weighted by molar-refractivity contribution is 0.364. The quantitative estimate of drug-likeness (QED) is 0.900. The highest BCUT2D eigenvalue weighted by molar-refractivity contribution is 7.99. The predicted octanol–water partition coefficient (Wildman–Crippen LogP) is 2.96. The van der Waals surface area contributed by atoms with Crippen molar-refractivity contribution in [3.05, 3.63) is 15.6 Å². The molecule has 1 aliphatic rings. The molecule has 0 radical (unpaired) electrons. The van der Waals surface area contributed by atoms with Crippen LogP contribution in [0.5, 0.6) is 0 Å². The maximum atomic E-state index is 4.84.